The standard InChI is InChI=1S/C18H22ClN3O2.C2H6/c1-23-17-8-3-14(18(20-17)24-2)13-21-9-11-22(12-10-21)16-6-4-15(19)5-7-16;1-2/h3-8H,9-13H2,1-2H3;1-2H3. The van der Waals surface area contributed by atoms with E-state index in [0.717, 1.165) is 43.3 Å². The lowest BCUT2D eigenvalue weighted by Crippen LogP contribution is -2.46. The predicted molar refractivity (Wildman–Crippen MR) is 108 cm³/mol. The average Bonchev–Trinajstić information content (AvgIpc) is 2.71. The molecule has 0 amide bonds. The molecule has 1 aliphatic rings. The minimum absolute atomic E-state index is 0.572. The predicted octanol–water partition coefficient (Wildman–Crippen LogP) is 4.10. The molecule has 6 heteroatoms. The molecule has 0 bridgehead atoms. The summed E-state index contributed by atoms with van der Waals surface area (Å²) in [7, 11) is 3.25. The second-order valence-electron chi connectivity index (χ2n) is 5.76. The van der Waals surface area contributed by atoms with Gasteiger partial charge in [-0.05, 0) is 30.3 Å². The van der Waals surface area contributed by atoms with E-state index in [-0.39, 0.29) is 0 Å². The van der Waals surface area contributed by atoms with Gasteiger partial charge in [0.1, 0.15) is 0 Å². The Morgan fingerprint density at radius 2 is 1.58 bits per heavy atom. The zero-order valence-electron chi connectivity index (χ0n) is 16.0. The van der Waals surface area contributed by atoms with Gasteiger partial charge in [0.25, 0.3) is 0 Å². The quantitative estimate of drug-likeness (QED) is 0.784. The number of nitrogens with zero attached hydrogens (tertiary/aromatic N) is 3. The van der Waals surface area contributed by atoms with Crippen LogP contribution in [0.4, 0.5) is 5.69 Å². The number of rotatable bonds is 5. The van der Waals surface area contributed by atoms with Gasteiger partial charge in [-0.25, -0.2) is 0 Å². The first-order valence-corrected chi connectivity index (χ1v) is 9.38. The molecular weight excluding hydrogens is 350 g/mol. The zero-order valence-corrected chi connectivity index (χ0v) is 16.8. The molecule has 0 N–H and O–H groups in total. The Kier molecular flexibility index (Phi) is 8.01. The van der Waals surface area contributed by atoms with E-state index >= 15 is 0 Å². The van der Waals surface area contributed by atoms with E-state index in [2.05, 4.69) is 26.9 Å². The normalized spacial score (nSPS) is 14.4. The van der Waals surface area contributed by atoms with E-state index in [1.54, 1.807) is 14.2 Å². The Morgan fingerprint density at radius 1 is 0.923 bits per heavy atom. The van der Waals surface area contributed by atoms with Crippen molar-refractivity contribution in [3.63, 3.8) is 0 Å². The number of hydrogen-bond acceptors (Lipinski definition) is 5. The molecule has 0 aliphatic carbocycles. The number of ether oxygens (including phenoxy) is 2. The fourth-order valence-electron chi connectivity index (χ4n) is 2.92. The van der Waals surface area contributed by atoms with Crippen LogP contribution in [0.15, 0.2) is 36.4 Å². The summed E-state index contributed by atoms with van der Waals surface area (Å²) in [5.74, 6) is 1.21. The zero-order chi connectivity index (χ0) is 18.9. The van der Waals surface area contributed by atoms with Crippen LogP contribution in [0.25, 0.3) is 0 Å². The summed E-state index contributed by atoms with van der Waals surface area (Å²) in [5, 5.41) is 0.775. The molecule has 5 nitrogen and oxygen atoms in total. The largest absolute Gasteiger partial charge is 0.481 e. The number of pyridine rings is 1. The molecule has 3 rings (SSSR count). The summed E-state index contributed by atoms with van der Waals surface area (Å²) in [4.78, 5) is 9.15. The minimum Gasteiger partial charge on any atom is -0.481 e. The van der Waals surface area contributed by atoms with Gasteiger partial charge in [-0.2, -0.15) is 4.98 Å². The molecule has 1 aromatic heterocycles. The third-order valence-electron chi connectivity index (χ3n) is 4.27. The van der Waals surface area contributed by atoms with Gasteiger partial charge in [-0.1, -0.05) is 25.4 Å². The molecule has 26 heavy (non-hydrogen) atoms. The number of piperazine rings is 1. The summed E-state index contributed by atoms with van der Waals surface area (Å²) >= 11 is 5.96. The van der Waals surface area contributed by atoms with Gasteiger partial charge in [-0.3, -0.25) is 4.90 Å². The molecule has 0 radical (unpaired) electrons. The summed E-state index contributed by atoms with van der Waals surface area (Å²) in [5.41, 5.74) is 2.31. The van der Waals surface area contributed by atoms with Gasteiger partial charge >= 0.3 is 0 Å². The third kappa shape index (κ3) is 5.26. The van der Waals surface area contributed by atoms with Crippen LogP contribution in [-0.4, -0.2) is 50.3 Å². The molecule has 0 atom stereocenters. The highest BCUT2D eigenvalue weighted by molar-refractivity contribution is 6.30. The highest BCUT2D eigenvalue weighted by Gasteiger charge is 2.19. The van der Waals surface area contributed by atoms with E-state index in [9.17, 15) is 0 Å². The van der Waals surface area contributed by atoms with Gasteiger partial charge in [-0.15, -0.1) is 0 Å². The van der Waals surface area contributed by atoms with Gasteiger partial charge < -0.3 is 14.4 Å². The van der Waals surface area contributed by atoms with Crippen molar-refractivity contribution in [2.75, 3.05) is 45.3 Å². The highest BCUT2D eigenvalue weighted by atomic mass is 35.5. The number of anilines is 1. The number of methoxy groups -OCH3 is 2. The first kappa shape index (κ1) is 20.3. The Hall–Kier alpha value is -1.98. The monoisotopic (exact) mass is 377 g/mol. The molecule has 0 unspecified atom stereocenters. The van der Waals surface area contributed by atoms with Gasteiger partial charge in [0.05, 0.1) is 14.2 Å². The van der Waals surface area contributed by atoms with Crippen molar-refractivity contribution in [3.05, 3.63) is 47.0 Å². The Bertz CT molecular complexity index is 671. The third-order valence-corrected chi connectivity index (χ3v) is 4.53. The van der Waals surface area contributed by atoms with Crippen molar-refractivity contribution in [3.8, 4) is 11.8 Å². The molecule has 1 fully saturated rings. The highest BCUT2D eigenvalue weighted by Crippen LogP contribution is 2.23. The second-order valence-corrected chi connectivity index (χ2v) is 6.20. The topological polar surface area (TPSA) is 37.8 Å². The summed E-state index contributed by atoms with van der Waals surface area (Å²) < 4.78 is 10.5. The fraction of sp³-hybridized carbons (Fsp3) is 0.450. The fourth-order valence-corrected chi connectivity index (χ4v) is 3.05. The lowest BCUT2D eigenvalue weighted by atomic mass is 10.2. The van der Waals surface area contributed by atoms with E-state index in [0.29, 0.717) is 11.8 Å². The number of aromatic nitrogens is 1. The summed E-state index contributed by atoms with van der Waals surface area (Å²) in [6.07, 6.45) is 0. The van der Waals surface area contributed by atoms with Gasteiger partial charge in [0, 0.05) is 55.1 Å². The smallest absolute Gasteiger partial charge is 0.220 e. The number of halogens is 1. The van der Waals surface area contributed by atoms with E-state index in [1.165, 1.54) is 5.69 Å². The van der Waals surface area contributed by atoms with Crippen LogP contribution in [-0.2, 0) is 6.54 Å². The maximum atomic E-state index is 5.96. The average molecular weight is 378 g/mol. The maximum absolute atomic E-state index is 5.96. The number of benzene rings is 1. The van der Waals surface area contributed by atoms with Crippen molar-refractivity contribution >= 4 is 17.3 Å². The summed E-state index contributed by atoms with van der Waals surface area (Å²) in [6.45, 7) is 8.81. The molecule has 1 saturated heterocycles. The molecule has 0 saturated carbocycles. The first-order valence-electron chi connectivity index (χ1n) is 9.00. The Labute approximate surface area is 161 Å². The van der Waals surface area contributed by atoms with E-state index in [1.807, 2.05) is 38.1 Å². The second kappa shape index (κ2) is 10.2. The molecule has 1 aliphatic heterocycles. The lowest BCUT2D eigenvalue weighted by Gasteiger charge is -2.36. The molecule has 1 aromatic carbocycles. The van der Waals surface area contributed by atoms with Crippen molar-refractivity contribution in [2.24, 2.45) is 0 Å². The van der Waals surface area contributed by atoms with Crippen molar-refractivity contribution < 1.29 is 9.47 Å². The maximum Gasteiger partial charge on any atom is 0.220 e. The SMILES string of the molecule is CC.COc1ccc(CN2CCN(c3ccc(Cl)cc3)CC2)c(OC)n1. The van der Waals surface area contributed by atoms with Crippen LogP contribution in [0.5, 0.6) is 11.8 Å². The lowest BCUT2D eigenvalue weighted by molar-refractivity contribution is 0.244. The van der Waals surface area contributed by atoms with E-state index < -0.39 is 0 Å². The van der Waals surface area contributed by atoms with Crippen molar-refractivity contribution in [1.82, 2.24) is 9.88 Å². The first-order chi connectivity index (χ1) is 12.7. The molecule has 2 aromatic rings. The van der Waals surface area contributed by atoms with Crippen LogP contribution < -0.4 is 14.4 Å². The molecule has 142 valence electrons. The summed E-state index contributed by atoms with van der Waals surface area (Å²) in [6, 6.07) is 11.9. The molecule has 2 heterocycles. The molecular formula is C20H28ClN3O2. The minimum atomic E-state index is 0.572. The van der Waals surface area contributed by atoms with Crippen molar-refractivity contribution in [1.29, 1.82) is 0 Å². The van der Waals surface area contributed by atoms with Crippen LogP contribution >= 0.6 is 11.6 Å². The van der Waals surface area contributed by atoms with Gasteiger partial charge in [0.2, 0.25) is 11.8 Å². The van der Waals surface area contributed by atoms with Crippen LogP contribution in [0.1, 0.15) is 19.4 Å². The molecule has 0 spiro atoms. The number of hydrogen-bond donors (Lipinski definition) is 0. The van der Waals surface area contributed by atoms with Crippen molar-refractivity contribution in [2.45, 2.75) is 20.4 Å². The van der Waals surface area contributed by atoms with Crippen LogP contribution in [0.3, 0.4) is 0 Å². The van der Waals surface area contributed by atoms with Gasteiger partial charge in [0.15, 0.2) is 0 Å². The van der Waals surface area contributed by atoms with Crippen LogP contribution in [0, 0.1) is 0 Å². The Balaban J connectivity index is 0.00000117. The Morgan fingerprint density at radius 3 is 2.15 bits per heavy atom. The van der Waals surface area contributed by atoms with E-state index in [4.69, 9.17) is 21.1 Å². The van der Waals surface area contributed by atoms with Crippen LogP contribution in [0.2, 0.25) is 5.02 Å².